The van der Waals surface area contributed by atoms with Crippen LogP contribution in [0.15, 0.2) is 36.4 Å². The van der Waals surface area contributed by atoms with Crippen LogP contribution in [0.2, 0.25) is 5.02 Å². The topological polar surface area (TPSA) is 104 Å². The summed E-state index contributed by atoms with van der Waals surface area (Å²) in [6, 6.07) is 11.8. The number of carbonyl (C=O) groups excluding carboxylic acids is 2. The lowest BCUT2D eigenvalue weighted by atomic mass is 10.2. The SMILES string of the molecule is CCOc1ccc(NC(=O)CN(C)CC(=O)Nc2ccc(C#N)c(Cl)c2)cc1OCC. The van der Waals surface area contributed by atoms with E-state index in [1.54, 1.807) is 36.2 Å². The highest BCUT2D eigenvalue weighted by atomic mass is 35.5. The first-order valence-corrected chi connectivity index (χ1v) is 10.1. The van der Waals surface area contributed by atoms with E-state index in [0.717, 1.165) is 0 Å². The molecule has 0 atom stereocenters. The number of halogens is 1. The predicted molar refractivity (Wildman–Crippen MR) is 120 cm³/mol. The largest absolute Gasteiger partial charge is 0.490 e. The standard InChI is InChI=1S/C22H25ClN4O4/c1-4-30-19-9-8-17(11-20(19)31-5-2)26-22(29)14-27(3)13-21(28)25-16-7-6-15(12-24)18(23)10-16/h6-11H,4-5,13-14H2,1-3H3,(H,25,28)(H,26,29). The quantitative estimate of drug-likeness (QED) is 0.581. The summed E-state index contributed by atoms with van der Waals surface area (Å²) in [4.78, 5) is 26.2. The van der Waals surface area contributed by atoms with Crippen LogP contribution in [0.4, 0.5) is 11.4 Å². The smallest absolute Gasteiger partial charge is 0.238 e. The molecule has 2 amide bonds. The van der Waals surface area contributed by atoms with Gasteiger partial charge in [0.15, 0.2) is 11.5 Å². The van der Waals surface area contributed by atoms with E-state index in [2.05, 4.69) is 10.6 Å². The molecule has 2 aromatic carbocycles. The van der Waals surface area contributed by atoms with Gasteiger partial charge in [-0.25, -0.2) is 0 Å². The molecule has 0 aromatic heterocycles. The van der Waals surface area contributed by atoms with Crippen LogP contribution in [0.3, 0.4) is 0 Å². The molecule has 0 bridgehead atoms. The van der Waals surface area contributed by atoms with Crippen molar-refractivity contribution in [3.05, 3.63) is 47.0 Å². The van der Waals surface area contributed by atoms with E-state index in [9.17, 15) is 9.59 Å². The normalized spacial score (nSPS) is 10.3. The highest BCUT2D eigenvalue weighted by Gasteiger charge is 2.13. The van der Waals surface area contributed by atoms with Gasteiger partial charge in [0.1, 0.15) is 6.07 Å². The summed E-state index contributed by atoms with van der Waals surface area (Å²) >= 11 is 5.97. The zero-order valence-corrected chi connectivity index (χ0v) is 18.5. The van der Waals surface area contributed by atoms with Gasteiger partial charge in [-0.1, -0.05) is 11.6 Å². The lowest BCUT2D eigenvalue weighted by molar-refractivity contribution is -0.119. The van der Waals surface area contributed by atoms with Crippen molar-refractivity contribution < 1.29 is 19.1 Å². The number of nitriles is 1. The molecule has 0 saturated carbocycles. The Morgan fingerprint density at radius 1 is 0.968 bits per heavy atom. The summed E-state index contributed by atoms with van der Waals surface area (Å²) in [6.07, 6.45) is 0. The maximum atomic E-state index is 12.4. The summed E-state index contributed by atoms with van der Waals surface area (Å²) in [5.74, 6) is 0.578. The Labute approximate surface area is 186 Å². The second kappa shape index (κ2) is 11.8. The van der Waals surface area contributed by atoms with E-state index in [-0.39, 0.29) is 29.9 Å². The van der Waals surface area contributed by atoms with Crippen LogP contribution in [0, 0.1) is 11.3 Å². The molecule has 0 heterocycles. The Kier molecular flexibility index (Phi) is 9.13. The van der Waals surface area contributed by atoms with E-state index in [1.165, 1.54) is 12.1 Å². The number of nitrogens with zero attached hydrogens (tertiary/aromatic N) is 2. The monoisotopic (exact) mass is 444 g/mol. The van der Waals surface area contributed by atoms with Gasteiger partial charge in [-0.3, -0.25) is 14.5 Å². The molecule has 2 aromatic rings. The summed E-state index contributed by atoms with van der Waals surface area (Å²) in [5.41, 5.74) is 1.38. The van der Waals surface area contributed by atoms with Gasteiger partial charge < -0.3 is 20.1 Å². The first-order chi connectivity index (χ1) is 14.9. The second-order valence-electron chi connectivity index (χ2n) is 6.60. The Morgan fingerprint density at radius 3 is 2.06 bits per heavy atom. The number of carbonyl (C=O) groups is 2. The lowest BCUT2D eigenvalue weighted by Crippen LogP contribution is -2.36. The minimum Gasteiger partial charge on any atom is -0.490 e. The van der Waals surface area contributed by atoms with Gasteiger partial charge >= 0.3 is 0 Å². The van der Waals surface area contributed by atoms with Gasteiger partial charge in [0.2, 0.25) is 11.8 Å². The molecule has 0 aliphatic heterocycles. The number of hydrogen-bond donors (Lipinski definition) is 2. The Balaban J connectivity index is 1.89. The molecule has 0 fully saturated rings. The van der Waals surface area contributed by atoms with Gasteiger partial charge in [-0.2, -0.15) is 5.26 Å². The summed E-state index contributed by atoms with van der Waals surface area (Å²) < 4.78 is 11.1. The molecule has 0 radical (unpaired) electrons. The third-order valence-electron chi connectivity index (χ3n) is 4.03. The minimum atomic E-state index is -0.309. The first-order valence-electron chi connectivity index (χ1n) is 9.73. The minimum absolute atomic E-state index is 0.00147. The van der Waals surface area contributed by atoms with Gasteiger partial charge in [-0.15, -0.1) is 0 Å². The van der Waals surface area contributed by atoms with Crippen molar-refractivity contribution in [2.24, 2.45) is 0 Å². The van der Waals surface area contributed by atoms with E-state index in [1.807, 2.05) is 19.9 Å². The van der Waals surface area contributed by atoms with Crippen LogP contribution >= 0.6 is 11.6 Å². The molecule has 0 unspecified atom stereocenters. The predicted octanol–water partition coefficient (Wildman–Crippen LogP) is 3.52. The maximum absolute atomic E-state index is 12.4. The number of rotatable bonds is 10. The average molecular weight is 445 g/mol. The van der Waals surface area contributed by atoms with E-state index in [4.69, 9.17) is 26.3 Å². The Morgan fingerprint density at radius 2 is 1.52 bits per heavy atom. The van der Waals surface area contributed by atoms with E-state index in [0.29, 0.717) is 41.7 Å². The van der Waals surface area contributed by atoms with Gasteiger partial charge in [-0.05, 0) is 51.2 Å². The fourth-order valence-corrected chi connectivity index (χ4v) is 2.98. The molecule has 31 heavy (non-hydrogen) atoms. The molecular formula is C22H25ClN4O4. The van der Waals surface area contributed by atoms with Gasteiger partial charge in [0, 0.05) is 17.4 Å². The number of benzene rings is 2. The molecule has 2 N–H and O–H groups in total. The van der Waals surface area contributed by atoms with Crippen molar-refractivity contribution in [2.75, 3.05) is 44.0 Å². The highest BCUT2D eigenvalue weighted by Crippen LogP contribution is 2.30. The van der Waals surface area contributed by atoms with Crippen LogP contribution in [0.1, 0.15) is 19.4 Å². The first kappa shape index (κ1) is 24.0. The highest BCUT2D eigenvalue weighted by molar-refractivity contribution is 6.32. The molecule has 8 nitrogen and oxygen atoms in total. The van der Waals surface area contributed by atoms with Crippen molar-refractivity contribution in [3.63, 3.8) is 0 Å². The third-order valence-corrected chi connectivity index (χ3v) is 4.34. The average Bonchev–Trinajstić information content (AvgIpc) is 2.70. The number of nitrogens with one attached hydrogen (secondary N) is 2. The number of ether oxygens (including phenoxy) is 2. The molecule has 0 saturated heterocycles. The maximum Gasteiger partial charge on any atom is 0.238 e. The number of likely N-dealkylation sites (N-methyl/N-ethyl adjacent to an activating group) is 1. The molecule has 2 rings (SSSR count). The number of amides is 2. The van der Waals surface area contributed by atoms with Gasteiger partial charge in [0.05, 0.1) is 36.9 Å². The van der Waals surface area contributed by atoms with Gasteiger partial charge in [0.25, 0.3) is 0 Å². The fourth-order valence-electron chi connectivity index (χ4n) is 2.76. The Bertz CT molecular complexity index is 974. The zero-order chi connectivity index (χ0) is 22.8. The van der Waals surface area contributed by atoms with Crippen molar-refractivity contribution >= 4 is 34.8 Å². The van der Waals surface area contributed by atoms with Crippen LogP contribution in [0.5, 0.6) is 11.5 Å². The van der Waals surface area contributed by atoms with Crippen LogP contribution < -0.4 is 20.1 Å². The van der Waals surface area contributed by atoms with E-state index >= 15 is 0 Å². The molecule has 9 heteroatoms. The second-order valence-corrected chi connectivity index (χ2v) is 7.01. The summed E-state index contributed by atoms with van der Waals surface area (Å²) in [7, 11) is 1.66. The van der Waals surface area contributed by atoms with Crippen molar-refractivity contribution in [2.45, 2.75) is 13.8 Å². The van der Waals surface area contributed by atoms with Crippen molar-refractivity contribution in [1.29, 1.82) is 5.26 Å². The number of anilines is 2. The fraction of sp³-hybridized carbons (Fsp3) is 0.318. The van der Waals surface area contributed by atoms with Crippen molar-refractivity contribution in [3.8, 4) is 17.6 Å². The summed E-state index contributed by atoms with van der Waals surface area (Å²) in [5, 5.41) is 14.6. The molecule has 0 spiro atoms. The van der Waals surface area contributed by atoms with E-state index < -0.39 is 0 Å². The molecular weight excluding hydrogens is 420 g/mol. The zero-order valence-electron chi connectivity index (χ0n) is 17.7. The summed E-state index contributed by atoms with van der Waals surface area (Å²) in [6.45, 7) is 4.74. The lowest BCUT2D eigenvalue weighted by Gasteiger charge is -2.17. The molecule has 0 aliphatic carbocycles. The van der Waals surface area contributed by atoms with Crippen LogP contribution in [-0.2, 0) is 9.59 Å². The molecule has 164 valence electrons. The van der Waals surface area contributed by atoms with Crippen molar-refractivity contribution in [1.82, 2.24) is 4.90 Å². The number of hydrogen-bond acceptors (Lipinski definition) is 6. The van der Waals surface area contributed by atoms with Crippen LogP contribution in [0.25, 0.3) is 0 Å². The van der Waals surface area contributed by atoms with Crippen LogP contribution in [-0.4, -0.2) is 50.1 Å². The third kappa shape index (κ3) is 7.48. The Hall–Kier alpha value is -3.28. The molecule has 0 aliphatic rings.